The van der Waals surface area contributed by atoms with E-state index >= 15 is 0 Å². The molecule has 1 aliphatic rings. The number of carbonyl (C=O) groups excluding carboxylic acids is 1. The molecule has 19 heavy (non-hydrogen) atoms. The number of hydrogen-bond donors (Lipinski definition) is 2. The fraction of sp³-hybridized carbons (Fsp3) is 0.923. The van der Waals surface area contributed by atoms with Gasteiger partial charge in [0.2, 0.25) is 5.91 Å². The number of halogens is 3. The van der Waals surface area contributed by atoms with Crippen LogP contribution in [0.4, 0.5) is 13.2 Å². The molecule has 0 spiro atoms. The van der Waals surface area contributed by atoms with Crippen LogP contribution in [0.5, 0.6) is 0 Å². The second-order valence-electron chi connectivity index (χ2n) is 5.66. The number of rotatable bonds is 4. The van der Waals surface area contributed by atoms with Crippen LogP contribution in [-0.2, 0) is 4.79 Å². The van der Waals surface area contributed by atoms with E-state index in [1.165, 1.54) is 0 Å². The lowest BCUT2D eigenvalue weighted by atomic mass is 9.81. The molecule has 0 aromatic heterocycles. The zero-order chi connectivity index (χ0) is 14.7. The van der Waals surface area contributed by atoms with Crippen LogP contribution in [0.2, 0.25) is 0 Å². The Balaban J connectivity index is 2.37. The summed E-state index contributed by atoms with van der Waals surface area (Å²) in [6.07, 6.45) is -3.06. The fourth-order valence-electron chi connectivity index (χ4n) is 2.23. The average Bonchev–Trinajstić information content (AvgIpc) is 2.35. The summed E-state index contributed by atoms with van der Waals surface area (Å²) in [4.78, 5) is 11.8. The van der Waals surface area contributed by atoms with E-state index in [0.717, 1.165) is 0 Å². The Morgan fingerprint density at radius 2 is 1.79 bits per heavy atom. The summed E-state index contributed by atoms with van der Waals surface area (Å²) in [5, 5.41) is 12.4. The number of carbonyl (C=O) groups is 1. The van der Waals surface area contributed by atoms with Crippen molar-refractivity contribution in [3.8, 4) is 0 Å². The summed E-state index contributed by atoms with van der Waals surface area (Å²) in [6, 6.07) is 0. The third kappa shape index (κ3) is 5.01. The zero-order valence-electron chi connectivity index (χ0n) is 11.4. The predicted octanol–water partition coefficient (Wildman–Crippen LogP) is 2.63. The minimum Gasteiger partial charge on any atom is -0.388 e. The maximum atomic E-state index is 12.5. The Labute approximate surface area is 111 Å². The molecule has 2 N–H and O–H groups in total. The molecule has 1 saturated carbocycles. The van der Waals surface area contributed by atoms with Crippen LogP contribution in [0.3, 0.4) is 0 Å². The molecule has 112 valence electrons. The highest BCUT2D eigenvalue weighted by Crippen LogP contribution is 2.39. The van der Waals surface area contributed by atoms with Crippen LogP contribution >= 0.6 is 0 Å². The molecule has 1 fully saturated rings. The Morgan fingerprint density at radius 3 is 2.21 bits per heavy atom. The van der Waals surface area contributed by atoms with E-state index < -0.39 is 17.7 Å². The van der Waals surface area contributed by atoms with Crippen molar-refractivity contribution >= 4 is 5.91 Å². The topological polar surface area (TPSA) is 49.3 Å². The first kappa shape index (κ1) is 16.3. The Kier molecular flexibility index (Phi) is 5.24. The van der Waals surface area contributed by atoms with Gasteiger partial charge in [-0.15, -0.1) is 0 Å². The van der Waals surface area contributed by atoms with Gasteiger partial charge in [-0.1, -0.05) is 6.92 Å². The molecule has 0 radical (unpaired) electrons. The SMILES string of the molecule is CCC(C)(O)CNC(=O)C1CCC(C(F)(F)F)CC1. The molecule has 0 aromatic carbocycles. The first-order valence-electron chi connectivity index (χ1n) is 6.72. The smallest absolute Gasteiger partial charge is 0.388 e. The third-order valence-corrected chi connectivity index (χ3v) is 3.97. The van der Waals surface area contributed by atoms with Gasteiger partial charge in [0.1, 0.15) is 0 Å². The molecule has 1 unspecified atom stereocenters. The molecule has 3 nitrogen and oxygen atoms in total. The second-order valence-corrected chi connectivity index (χ2v) is 5.66. The normalized spacial score (nSPS) is 27.7. The van der Waals surface area contributed by atoms with Gasteiger partial charge >= 0.3 is 6.18 Å². The standard InChI is InChI=1S/C13H22F3NO2/c1-3-12(2,19)8-17-11(18)9-4-6-10(7-5-9)13(14,15)16/h9-10,19H,3-8H2,1-2H3,(H,17,18). The highest BCUT2D eigenvalue weighted by molar-refractivity contribution is 5.78. The van der Waals surface area contributed by atoms with Crippen LogP contribution in [0.1, 0.15) is 46.0 Å². The van der Waals surface area contributed by atoms with Gasteiger partial charge in [0, 0.05) is 12.5 Å². The van der Waals surface area contributed by atoms with E-state index in [1.807, 2.05) is 0 Å². The molecule has 1 rings (SSSR count). The van der Waals surface area contributed by atoms with Crippen molar-refractivity contribution in [2.75, 3.05) is 6.54 Å². The maximum Gasteiger partial charge on any atom is 0.391 e. The van der Waals surface area contributed by atoms with Crippen molar-refractivity contribution in [1.29, 1.82) is 0 Å². The lowest BCUT2D eigenvalue weighted by Crippen LogP contribution is -2.43. The second kappa shape index (κ2) is 6.11. The number of hydrogen-bond acceptors (Lipinski definition) is 2. The average molecular weight is 281 g/mol. The van der Waals surface area contributed by atoms with Crippen molar-refractivity contribution in [2.24, 2.45) is 11.8 Å². The summed E-state index contributed by atoms with van der Waals surface area (Å²) >= 11 is 0. The van der Waals surface area contributed by atoms with Crippen molar-refractivity contribution in [3.63, 3.8) is 0 Å². The highest BCUT2D eigenvalue weighted by atomic mass is 19.4. The van der Waals surface area contributed by atoms with Gasteiger partial charge in [-0.3, -0.25) is 4.79 Å². The Bertz CT molecular complexity index is 308. The quantitative estimate of drug-likeness (QED) is 0.832. The van der Waals surface area contributed by atoms with E-state index in [9.17, 15) is 23.1 Å². The molecule has 1 amide bonds. The van der Waals surface area contributed by atoms with Gasteiger partial charge in [0.25, 0.3) is 0 Å². The predicted molar refractivity (Wildman–Crippen MR) is 65.4 cm³/mol. The molecular formula is C13H22F3NO2. The van der Waals surface area contributed by atoms with Crippen LogP contribution < -0.4 is 5.32 Å². The molecule has 0 aliphatic heterocycles. The van der Waals surface area contributed by atoms with Crippen LogP contribution in [0.15, 0.2) is 0 Å². The van der Waals surface area contributed by atoms with E-state index in [4.69, 9.17) is 0 Å². The fourth-order valence-corrected chi connectivity index (χ4v) is 2.23. The number of amides is 1. The number of alkyl halides is 3. The summed E-state index contributed by atoms with van der Waals surface area (Å²) < 4.78 is 37.5. The highest BCUT2D eigenvalue weighted by Gasteiger charge is 2.42. The zero-order valence-corrected chi connectivity index (χ0v) is 11.4. The number of aliphatic hydroxyl groups is 1. The van der Waals surface area contributed by atoms with Gasteiger partial charge in [-0.05, 0) is 39.0 Å². The van der Waals surface area contributed by atoms with Crippen molar-refractivity contribution in [3.05, 3.63) is 0 Å². The van der Waals surface area contributed by atoms with E-state index in [1.54, 1.807) is 13.8 Å². The summed E-state index contributed by atoms with van der Waals surface area (Å²) in [7, 11) is 0. The van der Waals surface area contributed by atoms with Gasteiger partial charge in [0.15, 0.2) is 0 Å². The van der Waals surface area contributed by atoms with Crippen molar-refractivity contribution in [1.82, 2.24) is 5.32 Å². The van der Waals surface area contributed by atoms with Gasteiger partial charge in [-0.2, -0.15) is 13.2 Å². The number of nitrogens with one attached hydrogen (secondary N) is 1. The molecular weight excluding hydrogens is 259 g/mol. The minimum absolute atomic E-state index is 0.0196. The minimum atomic E-state index is -4.15. The van der Waals surface area contributed by atoms with Gasteiger partial charge in [-0.25, -0.2) is 0 Å². The van der Waals surface area contributed by atoms with Crippen LogP contribution in [-0.4, -0.2) is 29.3 Å². The summed E-state index contributed by atoms with van der Waals surface area (Å²) in [6.45, 7) is 3.57. The first-order valence-corrected chi connectivity index (χ1v) is 6.72. The monoisotopic (exact) mass is 281 g/mol. The van der Waals surface area contributed by atoms with Gasteiger partial charge < -0.3 is 10.4 Å². The lowest BCUT2D eigenvalue weighted by molar-refractivity contribution is -0.184. The molecule has 1 atom stereocenters. The first-order chi connectivity index (χ1) is 8.65. The molecule has 6 heteroatoms. The van der Waals surface area contributed by atoms with Gasteiger partial charge in [0.05, 0.1) is 11.5 Å². The van der Waals surface area contributed by atoms with Crippen molar-refractivity contribution in [2.45, 2.75) is 57.7 Å². The molecule has 0 bridgehead atoms. The third-order valence-electron chi connectivity index (χ3n) is 3.97. The van der Waals surface area contributed by atoms with Crippen molar-refractivity contribution < 1.29 is 23.1 Å². The molecule has 0 saturated heterocycles. The van der Waals surface area contributed by atoms with E-state index in [-0.39, 0.29) is 44.1 Å². The van der Waals surface area contributed by atoms with E-state index in [0.29, 0.717) is 6.42 Å². The summed E-state index contributed by atoms with van der Waals surface area (Å²) in [5.74, 6) is -1.86. The summed E-state index contributed by atoms with van der Waals surface area (Å²) in [5.41, 5.74) is -0.959. The lowest BCUT2D eigenvalue weighted by Gasteiger charge is -2.30. The molecule has 0 heterocycles. The van der Waals surface area contributed by atoms with Crippen LogP contribution in [0, 0.1) is 11.8 Å². The van der Waals surface area contributed by atoms with Crippen LogP contribution in [0.25, 0.3) is 0 Å². The molecule has 0 aromatic rings. The molecule has 1 aliphatic carbocycles. The largest absolute Gasteiger partial charge is 0.391 e. The maximum absolute atomic E-state index is 12.5. The van der Waals surface area contributed by atoms with E-state index in [2.05, 4.69) is 5.32 Å². The Morgan fingerprint density at radius 1 is 1.26 bits per heavy atom. The Hall–Kier alpha value is -0.780.